The molecule has 0 aliphatic heterocycles. The summed E-state index contributed by atoms with van der Waals surface area (Å²) >= 11 is 0. The molecule has 0 spiro atoms. The van der Waals surface area contributed by atoms with Gasteiger partial charge in [-0.05, 0) is 36.3 Å². The lowest BCUT2D eigenvalue weighted by Crippen LogP contribution is -2.05. The van der Waals surface area contributed by atoms with Gasteiger partial charge in [0.1, 0.15) is 0 Å². The van der Waals surface area contributed by atoms with E-state index in [-0.39, 0.29) is 11.9 Å². The number of ether oxygens (including phenoxy) is 1. The van der Waals surface area contributed by atoms with E-state index in [9.17, 15) is 4.79 Å². The van der Waals surface area contributed by atoms with Crippen LogP contribution in [0.15, 0.2) is 24.5 Å². The quantitative estimate of drug-likeness (QED) is 0.730. The molecule has 2 rings (SSSR count). The second-order valence-electron chi connectivity index (χ2n) is 4.55. The van der Waals surface area contributed by atoms with E-state index < -0.39 is 0 Å². The summed E-state index contributed by atoms with van der Waals surface area (Å²) in [6, 6.07) is 4.05. The maximum Gasteiger partial charge on any atom is 0.308 e. The van der Waals surface area contributed by atoms with Crippen molar-refractivity contribution in [2.45, 2.75) is 25.7 Å². The highest BCUT2D eigenvalue weighted by Crippen LogP contribution is 2.45. The minimum atomic E-state index is -0.0524. The van der Waals surface area contributed by atoms with Crippen molar-refractivity contribution in [3.63, 3.8) is 0 Å². The van der Waals surface area contributed by atoms with E-state index in [0.29, 0.717) is 11.8 Å². The molecule has 3 nitrogen and oxygen atoms in total. The second kappa shape index (κ2) is 4.64. The minimum absolute atomic E-state index is 0.0524. The number of rotatable bonds is 4. The van der Waals surface area contributed by atoms with Crippen LogP contribution in [0, 0.1) is 11.8 Å². The molecule has 1 saturated carbocycles. The molecule has 16 heavy (non-hydrogen) atoms. The predicted molar refractivity (Wildman–Crippen MR) is 60.9 cm³/mol. The van der Waals surface area contributed by atoms with Crippen molar-refractivity contribution in [1.29, 1.82) is 0 Å². The fraction of sp³-hybridized carbons (Fsp3) is 0.538. The zero-order valence-electron chi connectivity index (χ0n) is 9.72. The highest BCUT2D eigenvalue weighted by molar-refractivity contribution is 5.75. The first-order valence-electron chi connectivity index (χ1n) is 5.70. The summed E-state index contributed by atoms with van der Waals surface area (Å²) in [5.41, 5.74) is 1.25. The van der Waals surface area contributed by atoms with Crippen molar-refractivity contribution in [1.82, 2.24) is 4.98 Å². The molecule has 1 aromatic rings. The van der Waals surface area contributed by atoms with Gasteiger partial charge in [0.2, 0.25) is 0 Å². The van der Waals surface area contributed by atoms with E-state index in [1.807, 2.05) is 12.3 Å². The molecular formula is C13H17NO2. The summed E-state index contributed by atoms with van der Waals surface area (Å²) in [5, 5.41) is 0. The third-order valence-electron chi connectivity index (χ3n) is 3.34. The van der Waals surface area contributed by atoms with Crippen LogP contribution in [0.5, 0.6) is 0 Å². The average molecular weight is 219 g/mol. The third-order valence-corrected chi connectivity index (χ3v) is 3.34. The van der Waals surface area contributed by atoms with Gasteiger partial charge in [-0.3, -0.25) is 9.78 Å². The van der Waals surface area contributed by atoms with Crippen molar-refractivity contribution in [2.75, 3.05) is 7.11 Å². The van der Waals surface area contributed by atoms with Gasteiger partial charge in [0.05, 0.1) is 13.0 Å². The molecule has 0 saturated heterocycles. The number of carbonyl (C=O) groups excluding carboxylic acids is 1. The molecule has 0 amide bonds. The first kappa shape index (κ1) is 11.1. The minimum Gasteiger partial charge on any atom is -0.469 e. The normalized spacial score (nSPS) is 24.9. The van der Waals surface area contributed by atoms with Crippen molar-refractivity contribution in [3.05, 3.63) is 30.1 Å². The number of methoxy groups -OCH3 is 1. The molecule has 0 aromatic carbocycles. The summed E-state index contributed by atoms with van der Waals surface area (Å²) in [7, 11) is 1.46. The Hall–Kier alpha value is -1.38. The summed E-state index contributed by atoms with van der Waals surface area (Å²) < 4.78 is 4.74. The van der Waals surface area contributed by atoms with Crippen molar-refractivity contribution < 1.29 is 9.53 Å². The van der Waals surface area contributed by atoms with Crippen LogP contribution in [0.4, 0.5) is 0 Å². The van der Waals surface area contributed by atoms with E-state index in [2.05, 4.69) is 18.0 Å². The number of hydrogen-bond donors (Lipinski definition) is 0. The largest absolute Gasteiger partial charge is 0.469 e. The molecule has 1 aliphatic rings. The van der Waals surface area contributed by atoms with Gasteiger partial charge in [0.25, 0.3) is 0 Å². The van der Waals surface area contributed by atoms with Crippen molar-refractivity contribution in [3.8, 4) is 0 Å². The Bertz CT molecular complexity index is 363. The van der Waals surface area contributed by atoms with Gasteiger partial charge in [0.15, 0.2) is 0 Å². The van der Waals surface area contributed by atoms with Gasteiger partial charge in [-0.25, -0.2) is 0 Å². The van der Waals surface area contributed by atoms with Crippen LogP contribution in [0.3, 0.4) is 0 Å². The van der Waals surface area contributed by atoms with Crippen LogP contribution in [0.2, 0.25) is 0 Å². The Morgan fingerprint density at radius 1 is 1.69 bits per heavy atom. The SMILES string of the molecule is COC(=O)C1CC1CC(C)c1cccnc1. The zero-order chi connectivity index (χ0) is 11.5. The molecule has 0 bridgehead atoms. The Kier molecular flexibility index (Phi) is 3.22. The summed E-state index contributed by atoms with van der Waals surface area (Å²) in [6.07, 6.45) is 5.72. The highest BCUT2D eigenvalue weighted by atomic mass is 16.5. The Balaban J connectivity index is 1.86. The molecule has 86 valence electrons. The number of nitrogens with zero attached hydrogens (tertiary/aromatic N) is 1. The van der Waals surface area contributed by atoms with Crippen molar-refractivity contribution in [2.24, 2.45) is 11.8 Å². The highest BCUT2D eigenvalue weighted by Gasteiger charge is 2.44. The maximum absolute atomic E-state index is 11.3. The topological polar surface area (TPSA) is 39.2 Å². The van der Waals surface area contributed by atoms with Crippen LogP contribution < -0.4 is 0 Å². The Morgan fingerprint density at radius 2 is 2.50 bits per heavy atom. The maximum atomic E-state index is 11.3. The van der Waals surface area contributed by atoms with Crippen LogP contribution in [-0.4, -0.2) is 18.1 Å². The molecule has 3 heteroatoms. The molecule has 0 radical (unpaired) electrons. The van der Waals surface area contributed by atoms with Crippen LogP contribution >= 0.6 is 0 Å². The lowest BCUT2D eigenvalue weighted by Gasteiger charge is -2.10. The lowest BCUT2D eigenvalue weighted by atomic mass is 9.96. The second-order valence-corrected chi connectivity index (χ2v) is 4.55. The summed E-state index contributed by atoms with van der Waals surface area (Å²) in [5.74, 6) is 1.06. The summed E-state index contributed by atoms with van der Waals surface area (Å²) in [4.78, 5) is 15.4. The number of aromatic nitrogens is 1. The van der Waals surface area contributed by atoms with Gasteiger partial charge < -0.3 is 4.74 Å². The number of carbonyl (C=O) groups is 1. The molecule has 1 aromatic heterocycles. The first-order chi connectivity index (χ1) is 7.72. The molecule has 3 atom stereocenters. The van der Waals surface area contributed by atoms with E-state index >= 15 is 0 Å². The van der Waals surface area contributed by atoms with Gasteiger partial charge in [-0.1, -0.05) is 13.0 Å². The number of hydrogen-bond acceptors (Lipinski definition) is 3. The fourth-order valence-electron chi connectivity index (χ4n) is 2.21. The molecule has 0 N–H and O–H groups in total. The van der Waals surface area contributed by atoms with Gasteiger partial charge in [0, 0.05) is 12.4 Å². The van der Waals surface area contributed by atoms with E-state index in [0.717, 1.165) is 12.8 Å². The lowest BCUT2D eigenvalue weighted by molar-refractivity contribution is -0.142. The molecule has 1 fully saturated rings. The average Bonchev–Trinajstić information content (AvgIpc) is 3.08. The standard InChI is InChI=1S/C13H17NO2/c1-9(10-4-3-5-14-8-10)6-11-7-12(11)13(15)16-2/h3-5,8-9,11-12H,6-7H2,1-2H3. The molecule has 3 unspecified atom stereocenters. The van der Waals surface area contributed by atoms with Gasteiger partial charge in [-0.15, -0.1) is 0 Å². The van der Waals surface area contributed by atoms with Crippen molar-refractivity contribution >= 4 is 5.97 Å². The van der Waals surface area contributed by atoms with Crippen LogP contribution in [0.25, 0.3) is 0 Å². The van der Waals surface area contributed by atoms with Gasteiger partial charge >= 0.3 is 5.97 Å². The third kappa shape index (κ3) is 2.40. The van der Waals surface area contributed by atoms with Gasteiger partial charge in [-0.2, -0.15) is 0 Å². The molecule has 1 aliphatic carbocycles. The van der Waals surface area contributed by atoms with E-state index in [1.54, 1.807) is 6.20 Å². The van der Waals surface area contributed by atoms with E-state index in [4.69, 9.17) is 4.74 Å². The first-order valence-corrected chi connectivity index (χ1v) is 5.70. The predicted octanol–water partition coefficient (Wildman–Crippen LogP) is 2.38. The Labute approximate surface area is 95.8 Å². The number of pyridine rings is 1. The number of esters is 1. The smallest absolute Gasteiger partial charge is 0.308 e. The zero-order valence-corrected chi connectivity index (χ0v) is 9.72. The van der Waals surface area contributed by atoms with Crippen LogP contribution in [0.1, 0.15) is 31.2 Å². The van der Waals surface area contributed by atoms with Crippen LogP contribution in [-0.2, 0) is 9.53 Å². The van der Waals surface area contributed by atoms with E-state index in [1.165, 1.54) is 12.7 Å². The monoisotopic (exact) mass is 219 g/mol. The Morgan fingerprint density at radius 3 is 3.12 bits per heavy atom. The molecule has 1 heterocycles. The fourth-order valence-corrected chi connectivity index (χ4v) is 2.21. The molecular weight excluding hydrogens is 202 g/mol. The summed E-state index contributed by atoms with van der Waals surface area (Å²) in [6.45, 7) is 2.18.